The van der Waals surface area contributed by atoms with E-state index in [1.165, 1.54) is 34.6 Å². The number of hydrogen-bond donors (Lipinski definition) is 2. The molecule has 1 aromatic rings. The van der Waals surface area contributed by atoms with Crippen molar-refractivity contribution in [3.63, 3.8) is 0 Å². The van der Waals surface area contributed by atoms with Crippen LogP contribution < -0.4 is 0 Å². The number of hydrogen-bond acceptors (Lipinski definition) is 5. The highest BCUT2D eigenvalue weighted by Crippen LogP contribution is 2.68. The van der Waals surface area contributed by atoms with Gasteiger partial charge in [-0.25, -0.2) is 0 Å². The first-order valence-electron chi connectivity index (χ1n) is 16.3. The van der Waals surface area contributed by atoms with Crippen molar-refractivity contribution < 1.29 is 85.9 Å². The molecule has 3 aliphatic rings. The lowest BCUT2D eigenvalue weighted by atomic mass is 9.57. The van der Waals surface area contributed by atoms with Gasteiger partial charge in [-0.05, 0) is 99.5 Å². The SMILES string of the molecule is CCC(CC(C(=O)OC(C)(C)C)(C1C2CC(CC(O)(C(F)(F)F)C(F)(F)F)C(C2)C1C)C(F)(F)F)c1ccc(C2OC(O)(C(F)(F)F)C2(F)F)cc1. The molecule has 1 saturated heterocycles. The number of ether oxygens (including phenoxy) is 2. The minimum absolute atomic E-state index is 0.0197. The highest BCUT2D eigenvalue weighted by Gasteiger charge is 2.83. The van der Waals surface area contributed by atoms with E-state index in [4.69, 9.17) is 4.74 Å². The van der Waals surface area contributed by atoms with Crippen molar-refractivity contribution in [3.8, 4) is 0 Å². The van der Waals surface area contributed by atoms with Crippen molar-refractivity contribution in [3.05, 3.63) is 35.4 Å². The van der Waals surface area contributed by atoms with Crippen LogP contribution in [0, 0.1) is 35.0 Å². The van der Waals surface area contributed by atoms with Gasteiger partial charge in [0.25, 0.3) is 5.60 Å². The van der Waals surface area contributed by atoms with E-state index in [9.17, 15) is 63.3 Å². The average Bonchev–Trinajstić information content (AvgIpc) is 3.51. The van der Waals surface area contributed by atoms with E-state index in [2.05, 4.69) is 4.74 Å². The molecule has 0 radical (unpaired) electrons. The molecule has 1 aliphatic heterocycles. The maximum atomic E-state index is 15.7. The zero-order valence-electron chi connectivity index (χ0n) is 28.3. The quantitative estimate of drug-likeness (QED) is 0.193. The molecule has 2 saturated carbocycles. The molecule has 2 N–H and O–H groups in total. The van der Waals surface area contributed by atoms with Crippen LogP contribution in [0.2, 0.25) is 0 Å². The van der Waals surface area contributed by atoms with Crippen molar-refractivity contribution in [2.24, 2.45) is 35.0 Å². The van der Waals surface area contributed by atoms with Gasteiger partial charge in [0.15, 0.2) is 11.5 Å². The average molecular weight is 781 g/mol. The van der Waals surface area contributed by atoms with Crippen LogP contribution in [0.25, 0.3) is 0 Å². The Balaban J connectivity index is 1.72. The van der Waals surface area contributed by atoms with E-state index in [0.717, 1.165) is 24.3 Å². The molecular weight excluding hydrogens is 742 g/mol. The van der Waals surface area contributed by atoms with Gasteiger partial charge in [-0.2, -0.15) is 61.5 Å². The molecule has 52 heavy (non-hydrogen) atoms. The standard InChI is InChI=1S/C33H38F14O5/c1-6-16(17-7-9-18(10-8-17)23-28(34,35)29(50,51-23)33(45,46)47)13-26(30(36,37)38,24(48)52-25(3,4)5)22-15(2)21-12-19(22)11-20(21)14-27(49,31(39,40)41)32(42,43)44/h7-10,15-16,19-23,49-50H,6,11-14H2,1-5H3. The zero-order valence-corrected chi connectivity index (χ0v) is 28.3. The summed E-state index contributed by atoms with van der Waals surface area (Å²) in [7, 11) is 0. The number of halogens is 14. The number of benzene rings is 1. The first-order valence-corrected chi connectivity index (χ1v) is 16.3. The summed E-state index contributed by atoms with van der Waals surface area (Å²) in [6.07, 6.45) is -30.0. The van der Waals surface area contributed by atoms with E-state index in [1.54, 1.807) is 0 Å². The van der Waals surface area contributed by atoms with Gasteiger partial charge in [0, 0.05) is 0 Å². The molecule has 1 aromatic carbocycles. The van der Waals surface area contributed by atoms with Crippen LogP contribution in [0.1, 0.15) is 89.9 Å². The summed E-state index contributed by atoms with van der Waals surface area (Å²) in [5.74, 6) is -19.5. The second-order valence-electron chi connectivity index (χ2n) is 15.3. The van der Waals surface area contributed by atoms with Gasteiger partial charge in [0.1, 0.15) is 5.60 Å². The minimum atomic E-state index is -6.15. The Bertz CT molecular complexity index is 1450. The molecule has 5 nitrogen and oxygen atoms in total. The first kappa shape index (κ1) is 42.3. The molecule has 4 rings (SSSR count). The molecule has 298 valence electrons. The molecular formula is C33H38F14O5. The normalized spacial score (nSPS) is 31.6. The van der Waals surface area contributed by atoms with Gasteiger partial charge in [0.2, 0.25) is 0 Å². The van der Waals surface area contributed by atoms with Crippen LogP contribution in [0.3, 0.4) is 0 Å². The predicted molar refractivity (Wildman–Crippen MR) is 152 cm³/mol. The van der Waals surface area contributed by atoms with Crippen LogP contribution in [0.5, 0.6) is 0 Å². The van der Waals surface area contributed by atoms with Crippen molar-refractivity contribution in [1.82, 2.24) is 0 Å². The molecule has 0 spiro atoms. The van der Waals surface area contributed by atoms with Crippen molar-refractivity contribution in [2.45, 2.75) is 126 Å². The van der Waals surface area contributed by atoms with Crippen molar-refractivity contribution in [1.29, 1.82) is 0 Å². The number of aliphatic hydroxyl groups is 2. The Labute approximate surface area is 289 Å². The molecule has 0 aromatic heterocycles. The summed E-state index contributed by atoms with van der Waals surface area (Å²) < 4.78 is 206. The maximum absolute atomic E-state index is 15.7. The number of carbonyl (C=O) groups is 1. The van der Waals surface area contributed by atoms with Crippen LogP contribution in [0.15, 0.2) is 24.3 Å². The van der Waals surface area contributed by atoms with Gasteiger partial charge in [-0.1, -0.05) is 38.1 Å². The summed E-state index contributed by atoms with van der Waals surface area (Å²) in [5, 5.41) is 19.2. The van der Waals surface area contributed by atoms with Gasteiger partial charge >= 0.3 is 42.4 Å². The number of carbonyl (C=O) groups excluding carboxylic acids is 1. The third kappa shape index (κ3) is 6.65. The summed E-state index contributed by atoms with van der Waals surface area (Å²) in [4.78, 5) is 13.9. The van der Waals surface area contributed by atoms with Gasteiger partial charge in [-0.3, -0.25) is 4.79 Å². The number of fused-ring (bicyclic) bond motifs is 2. The number of alkyl halides is 14. The Morgan fingerprint density at radius 1 is 0.904 bits per heavy atom. The van der Waals surface area contributed by atoms with Crippen LogP contribution in [0.4, 0.5) is 61.5 Å². The van der Waals surface area contributed by atoms with E-state index in [1.807, 2.05) is 0 Å². The highest BCUT2D eigenvalue weighted by atomic mass is 19.4. The maximum Gasteiger partial charge on any atom is 0.449 e. The fraction of sp³-hybridized carbons (Fsp3) is 0.788. The van der Waals surface area contributed by atoms with E-state index in [0.29, 0.717) is 0 Å². The third-order valence-corrected chi connectivity index (χ3v) is 11.1. The van der Waals surface area contributed by atoms with Gasteiger partial charge in [0.05, 0.1) is 0 Å². The Morgan fingerprint density at radius 3 is 1.81 bits per heavy atom. The molecule has 9 atom stereocenters. The lowest BCUT2D eigenvalue weighted by Gasteiger charge is -2.50. The molecule has 9 unspecified atom stereocenters. The zero-order chi connectivity index (χ0) is 40.1. The fourth-order valence-corrected chi connectivity index (χ4v) is 8.64. The summed E-state index contributed by atoms with van der Waals surface area (Å²) >= 11 is 0. The molecule has 2 bridgehead atoms. The third-order valence-electron chi connectivity index (χ3n) is 11.1. The second kappa shape index (κ2) is 12.8. The topological polar surface area (TPSA) is 76.0 Å². The van der Waals surface area contributed by atoms with E-state index >= 15 is 13.2 Å². The summed E-state index contributed by atoms with van der Waals surface area (Å²) in [5.41, 5.74) is -10.6. The Morgan fingerprint density at radius 2 is 1.42 bits per heavy atom. The second-order valence-corrected chi connectivity index (χ2v) is 15.3. The van der Waals surface area contributed by atoms with Crippen LogP contribution >= 0.6 is 0 Å². The molecule has 0 amide bonds. The number of rotatable bonds is 9. The van der Waals surface area contributed by atoms with Crippen molar-refractivity contribution in [2.75, 3.05) is 0 Å². The summed E-state index contributed by atoms with van der Waals surface area (Å²) in [6, 6.07) is 3.81. The fourth-order valence-electron chi connectivity index (χ4n) is 8.64. The van der Waals surface area contributed by atoms with Crippen molar-refractivity contribution >= 4 is 5.97 Å². The van der Waals surface area contributed by atoms with Gasteiger partial charge < -0.3 is 19.7 Å². The van der Waals surface area contributed by atoms with Crippen LogP contribution in [-0.2, 0) is 14.3 Å². The smallest absolute Gasteiger partial charge is 0.449 e. The molecule has 3 fully saturated rings. The largest absolute Gasteiger partial charge is 0.459 e. The van der Waals surface area contributed by atoms with E-state index in [-0.39, 0.29) is 18.4 Å². The summed E-state index contributed by atoms with van der Waals surface area (Å²) in [6.45, 7) is 6.49. The molecule has 1 heterocycles. The first-order chi connectivity index (χ1) is 23.2. The highest BCUT2D eigenvalue weighted by molar-refractivity contribution is 5.79. The monoisotopic (exact) mass is 780 g/mol. The van der Waals surface area contributed by atoms with Crippen LogP contribution in [-0.4, -0.2) is 63.8 Å². The number of esters is 1. The van der Waals surface area contributed by atoms with Gasteiger partial charge in [-0.15, -0.1) is 0 Å². The minimum Gasteiger partial charge on any atom is -0.459 e. The van der Waals surface area contributed by atoms with E-state index < -0.39 is 125 Å². The molecule has 19 heteroatoms. The Kier molecular flexibility index (Phi) is 10.5. The predicted octanol–water partition coefficient (Wildman–Crippen LogP) is 9.57. The lowest BCUT2D eigenvalue weighted by Crippen LogP contribution is -2.72. The lowest BCUT2D eigenvalue weighted by molar-refractivity contribution is -0.528. The Hall–Kier alpha value is -2.41. The molecule has 2 aliphatic carbocycles.